The average molecular weight is 294 g/mol. The van der Waals surface area contributed by atoms with E-state index in [2.05, 4.69) is 5.32 Å². The molecule has 7 nitrogen and oxygen atoms in total. The third-order valence-electron chi connectivity index (χ3n) is 3.33. The number of carboxylic acid groups (broad SMARTS) is 1. The Hall–Kier alpha value is -2.44. The van der Waals surface area contributed by atoms with Gasteiger partial charge in [0.1, 0.15) is 6.04 Å². The summed E-state index contributed by atoms with van der Waals surface area (Å²) in [5.41, 5.74) is 0.108. The minimum absolute atomic E-state index is 0.150. The molecule has 1 rings (SSSR count). The molecule has 1 amide bonds. The SMILES string of the molecule is CC[C@H](C)[C@H](NC(=O)Cc1ccccc1[N+](=O)[O-])C(=O)O. The van der Waals surface area contributed by atoms with Gasteiger partial charge in [-0.3, -0.25) is 14.9 Å². The van der Waals surface area contributed by atoms with Crippen molar-refractivity contribution in [2.24, 2.45) is 5.92 Å². The van der Waals surface area contributed by atoms with Crippen LogP contribution in [0.15, 0.2) is 24.3 Å². The topological polar surface area (TPSA) is 110 Å². The number of para-hydroxylation sites is 1. The van der Waals surface area contributed by atoms with Crippen LogP contribution < -0.4 is 5.32 Å². The van der Waals surface area contributed by atoms with Gasteiger partial charge >= 0.3 is 5.97 Å². The van der Waals surface area contributed by atoms with E-state index in [0.29, 0.717) is 6.42 Å². The number of carboxylic acids is 1. The van der Waals surface area contributed by atoms with E-state index in [0.717, 1.165) is 0 Å². The van der Waals surface area contributed by atoms with Crippen molar-refractivity contribution >= 4 is 17.6 Å². The lowest BCUT2D eigenvalue weighted by Crippen LogP contribution is -2.45. The molecule has 0 fully saturated rings. The normalized spacial score (nSPS) is 13.2. The van der Waals surface area contributed by atoms with Gasteiger partial charge in [-0.15, -0.1) is 0 Å². The van der Waals surface area contributed by atoms with Gasteiger partial charge in [-0.2, -0.15) is 0 Å². The number of nitro benzene ring substituents is 1. The van der Waals surface area contributed by atoms with Gasteiger partial charge in [0.15, 0.2) is 0 Å². The van der Waals surface area contributed by atoms with E-state index < -0.39 is 22.8 Å². The maximum absolute atomic E-state index is 11.9. The Labute approximate surface area is 122 Å². The third-order valence-corrected chi connectivity index (χ3v) is 3.33. The van der Waals surface area contributed by atoms with Crippen molar-refractivity contribution < 1.29 is 19.6 Å². The largest absolute Gasteiger partial charge is 0.480 e. The highest BCUT2D eigenvalue weighted by Crippen LogP contribution is 2.18. The second-order valence-corrected chi connectivity index (χ2v) is 4.83. The van der Waals surface area contributed by atoms with Crippen LogP contribution in [0.4, 0.5) is 5.69 Å². The summed E-state index contributed by atoms with van der Waals surface area (Å²) in [5, 5.41) is 22.4. The predicted molar refractivity (Wildman–Crippen MR) is 75.8 cm³/mol. The summed E-state index contributed by atoms with van der Waals surface area (Å²) < 4.78 is 0. The average Bonchev–Trinajstić information content (AvgIpc) is 2.44. The van der Waals surface area contributed by atoms with Gasteiger partial charge in [0, 0.05) is 11.6 Å². The van der Waals surface area contributed by atoms with Crippen molar-refractivity contribution in [1.82, 2.24) is 5.32 Å². The molecule has 114 valence electrons. The Morgan fingerprint density at radius 1 is 1.38 bits per heavy atom. The number of rotatable bonds is 7. The van der Waals surface area contributed by atoms with E-state index in [1.54, 1.807) is 13.0 Å². The van der Waals surface area contributed by atoms with Crippen LogP contribution in [0.25, 0.3) is 0 Å². The van der Waals surface area contributed by atoms with Crippen LogP contribution in [-0.4, -0.2) is 27.9 Å². The fourth-order valence-corrected chi connectivity index (χ4v) is 1.92. The molecular weight excluding hydrogens is 276 g/mol. The summed E-state index contributed by atoms with van der Waals surface area (Å²) in [6, 6.07) is 4.91. The van der Waals surface area contributed by atoms with Crippen molar-refractivity contribution in [2.45, 2.75) is 32.7 Å². The van der Waals surface area contributed by atoms with Crippen molar-refractivity contribution in [3.8, 4) is 0 Å². The Morgan fingerprint density at radius 3 is 2.52 bits per heavy atom. The molecule has 0 aliphatic heterocycles. The van der Waals surface area contributed by atoms with Crippen LogP contribution in [0.1, 0.15) is 25.8 Å². The number of carbonyl (C=O) groups is 2. The van der Waals surface area contributed by atoms with Gasteiger partial charge < -0.3 is 10.4 Å². The molecule has 0 radical (unpaired) electrons. The molecule has 0 aromatic heterocycles. The smallest absolute Gasteiger partial charge is 0.326 e. The van der Waals surface area contributed by atoms with Gasteiger partial charge in [-0.05, 0) is 5.92 Å². The standard InChI is InChI=1S/C14H18N2O5/c1-3-9(2)13(14(18)19)15-12(17)8-10-6-4-5-7-11(10)16(20)21/h4-7,9,13H,3,8H2,1-2H3,(H,15,17)(H,18,19)/t9-,13-/m0/s1. The van der Waals surface area contributed by atoms with Gasteiger partial charge in [-0.1, -0.05) is 38.5 Å². The van der Waals surface area contributed by atoms with Crippen molar-refractivity contribution in [3.63, 3.8) is 0 Å². The number of hydrogen-bond acceptors (Lipinski definition) is 4. The van der Waals surface area contributed by atoms with Crippen LogP contribution in [0.3, 0.4) is 0 Å². The zero-order valence-corrected chi connectivity index (χ0v) is 11.9. The molecule has 0 saturated carbocycles. The maximum Gasteiger partial charge on any atom is 0.326 e. The second kappa shape index (κ2) is 7.37. The molecule has 2 atom stereocenters. The molecule has 1 aromatic carbocycles. The molecule has 1 aromatic rings. The summed E-state index contributed by atoms with van der Waals surface area (Å²) in [6.07, 6.45) is 0.375. The van der Waals surface area contributed by atoms with E-state index in [1.807, 2.05) is 6.92 Å². The predicted octanol–water partition coefficient (Wildman–Crippen LogP) is 1.75. The number of nitrogens with zero attached hydrogens (tertiary/aromatic N) is 1. The molecule has 0 aliphatic carbocycles. The molecule has 7 heteroatoms. The highest BCUT2D eigenvalue weighted by molar-refractivity contribution is 5.85. The summed E-state index contributed by atoms with van der Waals surface area (Å²) in [4.78, 5) is 33.4. The monoisotopic (exact) mass is 294 g/mol. The van der Waals surface area contributed by atoms with E-state index in [1.165, 1.54) is 18.2 Å². The molecule has 0 unspecified atom stereocenters. The Balaban J connectivity index is 2.82. The third kappa shape index (κ3) is 4.55. The van der Waals surface area contributed by atoms with Crippen molar-refractivity contribution in [1.29, 1.82) is 0 Å². The molecule has 0 heterocycles. The molecule has 0 bridgehead atoms. The minimum atomic E-state index is -1.11. The molecule has 0 aliphatic rings. The van der Waals surface area contributed by atoms with Crippen LogP contribution in [0.2, 0.25) is 0 Å². The van der Waals surface area contributed by atoms with E-state index >= 15 is 0 Å². The van der Waals surface area contributed by atoms with Gasteiger partial charge in [0.05, 0.1) is 11.3 Å². The second-order valence-electron chi connectivity index (χ2n) is 4.83. The van der Waals surface area contributed by atoms with E-state index in [9.17, 15) is 19.7 Å². The minimum Gasteiger partial charge on any atom is -0.480 e. The number of nitro groups is 1. The Kier molecular flexibility index (Phi) is 5.83. The van der Waals surface area contributed by atoms with Gasteiger partial charge in [0.25, 0.3) is 5.69 Å². The summed E-state index contributed by atoms with van der Waals surface area (Å²) in [6.45, 7) is 3.55. The van der Waals surface area contributed by atoms with Crippen LogP contribution in [0.5, 0.6) is 0 Å². The lowest BCUT2D eigenvalue weighted by Gasteiger charge is -2.20. The first-order chi connectivity index (χ1) is 9.86. The molecular formula is C14H18N2O5. The number of hydrogen-bond donors (Lipinski definition) is 2. The van der Waals surface area contributed by atoms with Crippen molar-refractivity contribution in [2.75, 3.05) is 0 Å². The molecule has 2 N–H and O–H groups in total. The molecule has 0 saturated heterocycles. The first kappa shape index (κ1) is 16.6. The van der Waals surface area contributed by atoms with Crippen LogP contribution >= 0.6 is 0 Å². The van der Waals surface area contributed by atoms with E-state index in [-0.39, 0.29) is 23.6 Å². The van der Waals surface area contributed by atoms with Crippen LogP contribution in [-0.2, 0) is 16.0 Å². The van der Waals surface area contributed by atoms with Crippen molar-refractivity contribution in [3.05, 3.63) is 39.9 Å². The molecule has 21 heavy (non-hydrogen) atoms. The first-order valence-electron chi connectivity index (χ1n) is 6.61. The zero-order chi connectivity index (χ0) is 16.0. The first-order valence-corrected chi connectivity index (χ1v) is 6.61. The maximum atomic E-state index is 11.9. The zero-order valence-electron chi connectivity index (χ0n) is 11.9. The van der Waals surface area contributed by atoms with Crippen LogP contribution in [0, 0.1) is 16.0 Å². The Bertz CT molecular complexity index is 544. The lowest BCUT2D eigenvalue weighted by molar-refractivity contribution is -0.385. The molecule has 0 spiro atoms. The highest BCUT2D eigenvalue weighted by Gasteiger charge is 2.26. The summed E-state index contributed by atoms with van der Waals surface area (Å²) >= 11 is 0. The lowest BCUT2D eigenvalue weighted by atomic mass is 9.99. The highest BCUT2D eigenvalue weighted by atomic mass is 16.6. The quantitative estimate of drug-likeness (QED) is 0.588. The van der Waals surface area contributed by atoms with E-state index in [4.69, 9.17) is 5.11 Å². The fourth-order valence-electron chi connectivity index (χ4n) is 1.92. The number of aliphatic carboxylic acids is 1. The number of amides is 1. The van der Waals surface area contributed by atoms with Gasteiger partial charge in [0.2, 0.25) is 5.91 Å². The summed E-state index contributed by atoms with van der Waals surface area (Å²) in [7, 11) is 0. The number of carbonyl (C=O) groups excluding carboxylic acids is 1. The fraction of sp³-hybridized carbons (Fsp3) is 0.429. The van der Waals surface area contributed by atoms with Gasteiger partial charge in [-0.25, -0.2) is 4.79 Å². The Morgan fingerprint density at radius 2 is 2.00 bits per heavy atom. The summed E-state index contributed by atoms with van der Waals surface area (Å²) in [5.74, 6) is -1.88. The number of benzene rings is 1. The number of nitrogens with one attached hydrogen (secondary N) is 1.